The molecule has 1 aliphatic carbocycles. The van der Waals surface area contributed by atoms with Crippen LogP contribution in [-0.4, -0.2) is 19.0 Å². The molecule has 0 heterocycles. The fourth-order valence-electron chi connectivity index (χ4n) is 2.64. The van der Waals surface area contributed by atoms with Crippen LogP contribution in [0.5, 0.6) is 0 Å². The first kappa shape index (κ1) is 14.1. The number of carbonyl (C=O) groups excluding carboxylic acids is 1. The molecular weight excluding hydrogens is 284 g/mol. The van der Waals surface area contributed by atoms with Gasteiger partial charge in [0.25, 0.3) is 0 Å². The molecule has 2 aromatic carbocycles. The number of amides is 1. The van der Waals surface area contributed by atoms with E-state index in [1.165, 1.54) is 11.1 Å². The number of carbonyl (C=O) groups is 1. The summed E-state index contributed by atoms with van der Waals surface area (Å²) < 4.78 is 0. The number of fused-ring (bicyclic) bond motifs is 1. The van der Waals surface area contributed by atoms with Gasteiger partial charge in [-0.2, -0.15) is 0 Å². The van der Waals surface area contributed by atoms with Crippen molar-refractivity contribution in [3.63, 3.8) is 0 Å². The Morgan fingerprint density at radius 2 is 1.90 bits per heavy atom. The lowest BCUT2D eigenvalue weighted by molar-refractivity contribution is -0.115. The van der Waals surface area contributed by atoms with Crippen LogP contribution in [0, 0.1) is 0 Å². The van der Waals surface area contributed by atoms with E-state index in [4.69, 9.17) is 11.6 Å². The summed E-state index contributed by atoms with van der Waals surface area (Å²) in [4.78, 5) is 11.8. The maximum Gasteiger partial charge on any atom is 0.238 e. The van der Waals surface area contributed by atoms with Crippen LogP contribution in [-0.2, 0) is 11.2 Å². The van der Waals surface area contributed by atoms with Crippen molar-refractivity contribution in [2.24, 2.45) is 0 Å². The van der Waals surface area contributed by atoms with Crippen molar-refractivity contribution >= 4 is 23.2 Å². The van der Waals surface area contributed by atoms with Crippen molar-refractivity contribution in [1.29, 1.82) is 0 Å². The van der Waals surface area contributed by atoms with Crippen LogP contribution in [0.2, 0.25) is 5.02 Å². The molecule has 1 atom stereocenters. The number of benzene rings is 2. The molecule has 3 nitrogen and oxygen atoms in total. The average molecular weight is 301 g/mol. The zero-order chi connectivity index (χ0) is 14.7. The van der Waals surface area contributed by atoms with Crippen LogP contribution in [0.15, 0.2) is 48.5 Å². The first-order valence-electron chi connectivity index (χ1n) is 7.06. The van der Waals surface area contributed by atoms with Crippen LogP contribution in [0.3, 0.4) is 0 Å². The first-order chi connectivity index (χ1) is 10.2. The number of hydrogen-bond acceptors (Lipinski definition) is 2. The fraction of sp³-hybridized carbons (Fsp3) is 0.235. The highest BCUT2D eigenvalue weighted by molar-refractivity contribution is 6.30. The smallest absolute Gasteiger partial charge is 0.238 e. The van der Waals surface area contributed by atoms with Crippen LogP contribution in [0.1, 0.15) is 17.0 Å². The maximum atomic E-state index is 11.8. The number of nitrogens with one attached hydrogen (secondary N) is 2. The van der Waals surface area contributed by atoms with Gasteiger partial charge in [-0.1, -0.05) is 35.9 Å². The van der Waals surface area contributed by atoms with E-state index in [1.54, 1.807) is 24.3 Å². The molecule has 2 aromatic rings. The predicted octanol–water partition coefficient (Wildman–Crippen LogP) is 3.21. The van der Waals surface area contributed by atoms with E-state index in [0.717, 1.165) is 18.7 Å². The largest absolute Gasteiger partial charge is 0.325 e. The van der Waals surface area contributed by atoms with E-state index in [-0.39, 0.29) is 5.91 Å². The molecule has 21 heavy (non-hydrogen) atoms. The second-order valence-electron chi connectivity index (χ2n) is 5.29. The third kappa shape index (κ3) is 3.43. The third-order valence-electron chi connectivity index (χ3n) is 3.77. The fourth-order valence-corrected chi connectivity index (χ4v) is 2.77. The topological polar surface area (TPSA) is 41.1 Å². The van der Waals surface area contributed by atoms with E-state index in [2.05, 4.69) is 34.9 Å². The SMILES string of the molecule is O=C(CNCC1Cc2ccccc21)Nc1ccc(Cl)cc1. The van der Waals surface area contributed by atoms with Crippen LogP contribution >= 0.6 is 11.6 Å². The van der Waals surface area contributed by atoms with E-state index in [0.29, 0.717) is 17.5 Å². The molecule has 0 saturated heterocycles. The minimum Gasteiger partial charge on any atom is -0.325 e. The lowest BCUT2D eigenvalue weighted by Gasteiger charge is -2.30. The van der Waals surface area contributed by atoms with Gasteiger partial charge in [-0.3, -0.25) is 4.79 Å². The van der Waals surface area contributed by atoms with Gasteiger partial charge in [-0.05, 0) is 41.8 Å². The first-order valence-corrected chi connectivity index (χ1v) is 7.44. The summed E-state index contributed by atoms with van der Waals surface area (Å²) in [6, 6.07) is 15.6. The Morgan fingerprint density at radius 1 is 1.14 bits per heavy atom. The van der Waals surface area contributed by atoms with E-state index in [1.807, 2.05) is 0 Å². The average Bonchev–Trinajstić information content (AvgIpc) is 2.46. The van der Waals surface area contributed by atoms with Gasteiger partial charge in [0.15, 0.2) is 0 Å². The van der Waals surface area contributed by atoms with E-state index in [9.17, 15) is 4.79 Å². The monoisotopic (exact) mass is 300 g/mol. The van der Waals surface area contributed by atoms with Gasteiger partial charge in [0.1, 0.15) is 0 Å². The summed E-state index contributed by atoms with van der Waals surface area (Å²) >= 11 is 5.81. The number of halogens is 1. The molecule has 3 rings (SSSR count). The van der Waals surface area contributed by atoms with Crippen molar-refractivity contribution in [1.82, 2.24) is 5.32 Å². The Kier molecular flexibility index (Phi) is 4.23. The Morgan fingerprint density at radius 3 is 2.67 bits per heavy atom. The van der Waals surface area contributed by atoms with Crippen molar-refractivity contribution in [2.45, 2.75) is 12.3 Å². The highest BCUT2D eigenvalue weighted by Gasteiger charge is 2.24. The maximum absolute atomic E-state index is 11.8. The molecule has 108 valence electrons. The molecule has 0 spiro atoms. The predicted molar refractivity (Wildman–Crippen MR) is 85.8 cm³/mol. The minimum absolute atomic E-state index is 0.0371. The van der Waals surface area contributed by atoms with E-state index >= 15 is 0 Å². The molecule has 0 saturated carbocycles. The van der Waals surface area contributed by atoms with Crippen LogP contribution in [0.4, 0.5) is 5.69 Å². The second-order valence-corrected chi connectivity index (χ2v) is 5.72. The van der Waals surface area contributed by atoms with Crippen LogP contribution < -0.4 is 10.6 Å². The lowest BCUT2D eigenvalue weighted by atomic mass is 9.78. The van der Waals surface area contributed by atoms with Gasteiger partial charge >= 0.3 is 0 Å². The lowest BCUT2D eigenvalue weighted by Crippen LogP contribution is -2.34. The van der Waals surface area contributed by atoms with Gasteiger partial charge in [0, 0.05) is 23.2 Å². The van der Waals surface area contributed by atoms with Crippen molar-refractivity contribution in [2.75, 3.05) is 18.4 Å². The van der Waals surface area contributed by atoms with Crippen molar-refractivity contribution in [3.8, 4) is 0 Å². The molecule has 1 unspecified atom stereocenters. The molecule has 1 amide bonds. The summed E-state index contributed by atoms with van der Waals surface area (Å²) in [5.74, 6) is 0.495. The van der Waals surface area contributed by atoms with E-state index < -0.39 is 0 Å². The molecule has 4 heteroatoms. The van der Waals surface area contributed by atoms with Crippen LogP contribution in [0.25, 0.3) is 0 Å². The summed E-state index contributed by atoms with van der Waals surface area (Å²) in [7, 11) is 0. The third-order valence-corrected chi connectivity index (χ3v) is 4.02. The minimum atomic E-state index is -0.0371. The van der Waals surface area contributed by atoms with Gasteiger partial charge in [-0.15, -0.1) is 0 Å². The zero-order valence-corrected chi connectivity index (χ0v) is 12.4. The molecule has 0 radical (unpaired) electrons. The Labute approximate surface area is 129 Å². The Bertz CT molecular complexity index is 639. The molecule has 1 aliphatic rings. The van der Waals surface area contributed by atoms with Gasteiger partial charge in [0.05, 0.1) is 6.54 Å². The van der Waals surface area contributed by atoms with Gasteiger partial charge < -0.3 is 10.6 Å². The van der Waals surface area contributed by atoms with Crippen molar-refractivity contribution in [3.05, 3.63) is 64.7 Å². The molecule has 0 bridgehead atoms. The Hall–Kier alpha value is -1.84. The summed E-state index contributed by atoms with van der Waals surface area (Å²) in [6.07, 6.45) is 1.10. The summed E-state index contributed by atoms with van der Waals surface area (Å²) in [5.41, 5.74) is 3.60. The zero-order valence-electron chi connectivity index (χ0n) is 11.6. The standard InChI is InChI=1S/C17H17ClN2O/c18-14-5-7-15(8-6-14)20-17(21)11-19-10-13-9-12-3-1-2-4-16(12)13/h1-8,13,19H,9-11H2,(H,20,21). The summed E-state index contributed by atoms with van der Waals surface area (Å²) in [6.45, 7) is 1.16. The second kappa shape index (κ2) is 6.29. The normalized spacial score (nSPS) is 16.0. The summed E-state index contributed by atoms with van der Waals surface area (Å²) in [5, 5.41) is 6.72. The number of anilines is 1. The molecule has 2 N–H and O–H groups in total. The highest BCUT2D eigenvalue weighted by Crippen LogP contribution is 2.33. The van der Waals surface area contributed by atoms with Crippen molar-refractivity contribution < 1.29 is 4.79 Å². The quantitative estimate of drug-likeness (QED) is 0.890. The van der Waals surface area contributed by atoms with Gasteiger partial charge in [0.2, 0.25) is 5.91 Å². The number of rotatable bonds is 5. The highest BCUT2D eigenvalue weighted by atomic mass is 35.5. The number of hydrogen-bond donors (Lipinski definition) is 2. The molecular formula is C17H17ClN2O. The molecule has 0 aromatic heterocycles. The Balaban J connectivity index is 1.42. The molecule has 0 fully saturated rings. The van der Waals surface area contributed by atoms with Gasteiger partial charge in [-0.25, -0.2) is 0 Å². The molecule has 0 aliphatic heterocycles.